The number of benzene rings is 2. The molecule has 0 saturated heterocycles. The number of nitrogens with one attached hydrogen (secondary N) is 1. The zero-order chi connectivity index (χ0) is 18.0. The fourth-order valence-electron chi connectivity index (χ4n) is 2.96. The number of hydrogen-bond acceptors (Lipinski definition) is 4. The second kappa shape index (κ2) is 6.85. The Bertz CT molecular complexity index is 892. The zero-order valence-electron chi connectivity index (χ0n) is 14.0. The lowest BCUT2D eigenvalue weighted by atomic mass is 10.1. The minimum absolute atomic E-state index is 0.0541. The summed E-state index contributed by atoms with van der Waals surface area (Å²) in [5.41, 5.74) is 8.87. The van der Waals surface area contributed by atoms with Gasteiger partial charge in [0.1, 0.15) is 0 Å². The summed E-state index contributed by atoms with van der Waals surface area (Å²) in [5.74, 6) is -0.0541. The SMILES string of the molecule is CCNS(=O)(=O)c1ccc2c(c1)N(C(=O)Cc1ccc(N)cc1)CC2. The van der Waals surface area contributed by atoms with E-state index in [2.05, 4.69) is 4.72 Å². The van der Waals surface area contributed by atoms with Gasteiger partial charge in [0.05, 0.1) is 11.3 Å². The number of carbonyl (C=O) groups is 1. The Morgan fingerprint density at radius 2 is 1.92 bits per heavy atom. The van der Waals surface area contributed by atoms with Gasteiger partial charge in [-0.25, -0.2) is 13.1 Å². The summed E-state index contributed by atoms with van der Waals surface area (Å²) in [6, 6.07) is 12.2. The number of nitrogen functional groups attached to an aromatic ring is 1. The van der Waals surface area contributed by atoms with Crippen LogP contribution in [-0.2, 0) is 27.7 Å². The lowest BCUT2D eigenvalue weighted by Crippen LogP contribution is -2.30. The van der Waals surface area contributed by atoms with Gasteiger partial charge in [-0.2, -0.15) is 0 Å². The molecule has 0 bridgehead atoms. The molecule has 0 fully saturated rings. The molecule has 0 unspecified atom stereocenters. The molecule has 3 rings (SSSR count). The van der Waals surface area contributed by atoms with E-state index in [1.54, 1.807) is 42.2 Å². The van der Waals surface area contributed by atoms with Gasteiger partial charge in [0.2, 0.25) is 15.9 Å². The molecule has 132 valence electrons. The van der Waals surface area contributed by atoms with Crippen molar-refractivity contribution in [3.8, 4) is 0 Å². The van der Waals surface area contributed by atoms with Gasteiger partial charge >= 0.3 is 0 Å². The number of sulfonamides is 1. The summed E-state index contributed by atoms with van der Waals surface area (Å²) in [6.45, 7) is 2.61. The van der Waals surface area contributed by atoms with E-state index in [0.717, 1.165) is 17.5 Å². The van der Waals surface area contributed by atoms with Crippen LogP contribution < -0.4 is 15.4 Å². The molecule has 0 radical (unpaired) electrons. The van der Waals surface area contributed by atoms with Crippen molar-refractivity contribution in [3.63, 3.8) is 0 Å². The van der Waals surface area contributed by atoms with Gasteiger partial charge in [0, 0.05) is 24.5 Å². The smallest absolute Gasteiger partial charge is 0.240 e. The topological polar surface area (TPSA) is 92.5 Å². The molecule has 0 aromatic heterocycles. The van der Waals surface area contributed by atoms with Crippen molar-refractivity contribution in [3.05, 3.63) is 53.6 Å². The largest absolute Gasteiger partial charge is 0.399 e. The Morgan fingerprint density at radius 3 is 2.60 bits per heavy atom. The van der Waals surface area contributed by atoms with Crippen LogP contribution in [0, 0.1) is 0 Å². The molecular formula is C18H21N3O3S. The normalized spacial score (nSPS) is 13.7. The van der Waals surface area contributed by atoms with Crippen LogP contribution in [0.15, 0.2) is 47.4 Å². The van der Waals surface area contributed by atoms with Crippen molar-refractivity contribution in [2.75, 3.05) is 23.7 Å². The maximum Gasteiger partial charge on any atom is 0.240 e. The standard InChI is InChI=1S/C18H21N3O3S/c1-2-20-25(23,24)16-8-5-14-9-10-21(17(14)12-16)18(22)11-13-3-6-15(19)7-4-13/h3-8,12,20H,2,9-11,19H2,1H3. The quantitative estimate of drug-likeness (QED) is 0.795. The van der Waals surface area contributed by atoms with Crippen LogP contribution in [0.3, 0.4) is 0 Å². The molecule has 1 aliphatic rings. The highest BCUT2D eigenvalue weighted by molar-refractivity contribution is 7.89. The van der Waals surface area contributed by atoms with E-state index in [4.69, 9.17) is 5.73 Å². The van der Waals surface area contributed by atoms with E-state index in [1.165, 1.54) is 0 Å². The number of nitrogens with two attached hydrogens (primary N) is 1. The average Bonchev–Trinajstić information content (AvgIpc) is 3.00. The summed E-state index contributed by atoms with van der Waals surface area (Å²) in [4.78, 5) is 14.5. The third kappa shape index (κ3) is 3.67. The van der Waals surface area contributed by atoms with Crippen molar-refractivity contribution in [2.45, 2.75) is 24.7 Å². The molecule has 6 nitrogen and oxygen atoms in total. The van der Waals surface area contributed by atoms with Gasteiger partial charge in [0.15, 0.2) is 0 Å². The molecule has 0 spiro atoms. The summed E-state index contributed by atoms with van der Waals surface area (Å²) in [5, 5.41) is 0. The molecule has 2 aromatic rings. The van der Waals surface area contributed by atoms with E-state index < -0.39 is 10.0 Å². The number of anilines is 2. The minimum atomic E-state index is -3.55. The third-order valence-electron chi connectivity index (χ3n) is 4.23. The Labute approximate surface area is 147 Å². The lowest BCUT2D eigenvalue weighted by molar-refractivity contribution is -0.117. The second-order valence-corrected chi connectivity index (χ2v) is 7.77. The molecule has 7 heteroatoms. The number of amides is 1. The first kappa shape index (κ1) is 17.4. The molecule has 3 N–H and O–H groups in total. The first-order chi connectivity index (χ1) is 11.9. The summed E-state index contributed by atoms with van der Waals surface area (Å²) >= 11 is 0. The van der Waals surface area contributed by atoms with Crippen LogP contribution in [0.4, 0.5) is 11.4 Å². The van der Waals surface area contributed by atoms with Crippen LogP contribution in [-0.4, -0.2) is 27.4 Å². The maximum absolute atomic E-state index is 12.7. The number of carbonyl (C=O) groups excluding carboxylic acids is 1. The number of fused-ring (bicyclic) bond motifs is 1. The Kier molecular flexibility index (Phi) is 4.78. The first-order valence-corrected chi connectivity index (χ1v) is 9.66. The Hall–Kier alpha value is -2.38. The predicted octanol–water partition coefficient (Wildman–Crippen LogP) is 1.70. The molecular weight excluding hydrogens is 338 g/mol. The zero-order valence-corrected chi connectivity index (χ0v) is 14.8. The number of rotatable bonds is 5. The van der Waals surface area contributed by atoms with Gasteiger partial charge < -0.3 is 10.6 Å². The van der Waals surface area contributed by atoms with Gasteiger partial charge in [-0.3, -0.25) is 4.79 Å². The van der Waals surface area contributed by atoms with E-state index in [-0.39, 0.29) is 17.2 Å². The van der Waals surface area contributed by atoms with Gasteiger partial charge in [-0.15, -0.1) is 0 Å². The summed E-state index contributed by atoms with van der Waals surface area (Å²) in [6.07, 6.45) is 0.980. The lowest BCUT2D eigenvalue weighted by Gasteiger charge is -2.18. The molecule has 1 heterocycles. The van der Waals surface area contributed by atoms with Crippen LogP contribution in [0.25, 0.3) is 0 Å². The highest BCUT2D eigenvalue weighted by Gasteiger charge is 2.26. The van der Waals surface area contributed by atoms with E-state index in [1.807, 2.05) is 12.1 Å². The van der Waals surface area contributed by atoms with E-state index in [0.29, 0.717) is 24.5 Å². The van der Waals surface area contributed by atoms with Crippen molar-refractivity contribution < 1.29 is 13.2 Å². The third-order valence-corrected chi connectivity index (χ3v) is 5.78. The molecule has 0 aliphatic carbocycles. The highest BCUT2D eigenvalue weighted by Crippen LogP contribution is 2.31. The van der Waals surface area contributed by atoms with Crippen molar-refractivity contribution >= 4 is 27.3 Å². The van der Waals surface area contributed by atoms with E-state index in [9.17, 15) is 13.2 Å². The Balaban J connectivity index is 1.85. The van der Waals surface area contributed by atoms with Crippen LogP contribution >= 0.6 is 0 Å². The van der Waals surface area contributed by atoms with Gasteiger partial charge in [-0.05, 0) is 41.8 Å². The highest BCUT2D eigenvalue weighted by atomic mass is 32.2. The van der Waals surface area contributed by atoms with Gasteiger partial charge in [0.25, 0.3) is 0 Å². The second-order valence-electron chi connectivity index (χ2n) is 6.01. The van der Waals surface area contributed by atoms with E-state index >= 15 is 0 Å². The Morgan fingerprint density at radius 1 is 1.20 bits per heavy atom. The monoisotopic (exact) mass is 359 g/mol. The van der Waals surface area contributed by atoms with Crippen molar-refractivity contribution in [1.29, 1.82) is 0 Å². The molecule has 1 aliphatic heterocycles. The fourth-order valence-corrected chi connectivity index (χ4v) is 4.02. The fraction of sp³-hybridized carbons (Fsp3) is 0.278. The molecule has 2 aromatic carbocycles. The van der Waals surface area contributed by atoms with Crippen LogP contribution in [0.2, 0.25) is 0 Å². The van der Waals surface area contributed by atoms with Gasteiger partial charge in [-0.1, -0.05) is 25.1 Å². The number of hydrogen-bond donors (Lipinski definition) is 2. The van der Waals surface area contributed by atoms with Crippen molar-refractivity contribution in [1.82, 2.24) is 4.72 Å². The molecule has 1 amide bonds. The van der Waals surface area contributed by atoms with Crippen molar-refractivity contribution in [2.24, 2.45) is 0 Å². The summed E-state index contributed by atoms with van der Waals surface area (Å²) < 4.78 is 26.9. The summed E-state index contributed by atoms with van der Waals surface area (Å²) in [7, 11) is -3.55. The molecule has 0 atom stereocenters. The molecule has 25 heavy (non-hydrogen) atoms. The number of nitrogens with zero attached hydrogens (tertiary/aromatic N) is 1. The molecule has 0 saturated carbocycles. The predicted molar refractivity (Wildman–Crippen MR) is 97.9 cm³/mol. The average molecular weight is 359 g/mol. The van der Waals surface area contributed by atoms with Crippen LogP contribution in [0.5, 0.6) is 0 Å². The van der Waals surface area contributed by atoms with Crippen LogP contribution in [0.1, 0.15) is 18.1 Å². The maximum atomic E-state index is 12.7. The first-order valence-electron chi connectivity index (χ1n) is 8.18. The minimum Gasteiger partial charge on any atom is -0.399 e.